The number of rotatable bonds is 7. The smallest absolute Gasteiger partial charge is 0.187 e. The van der Waals surface area contributed by atoms with E-state index in [4.69, 9.17) is 0 Å². The van der Waals surface area contributed by atoms with Crippen LogP contribution in [0, 0.1) is 11.8 Å². The predicted molar refractivity (Wildman–Crippen MR) is 90.9 cm³/mol. The fourth-order valence-electron chi connectivity index (χ4n) is 3.22. The molecule has 0 radical (unpaired) electrons. The van der Waals surface area contributed by atoms with Crippen LogP contribution < -0.4 is 0 Å². The molecule has 0 amide bonds. The van der Waals surface area contributed by atoms with Crippen molar-refractivity contribution >= 4 is 11.8 Å². The maximum Gasteiger partial charge on any atom is 0.187 e. The molecule has 0 unspecified atom stereocenters. The first-order valence-corrected chi connectivity index (χ1v) is 9.01. The van der Waals surface area contributed by atoms with E-state index in [0.717, 1.165) is 49.1 Å². The highest BCUT2D eigenvalue weighted by atomic mass is 32.2. The molecule has 0 aromatic carbocycles. The van der Waals surface area contributed by atoms with Crippen molar-refractivity contribution < 1.29 is 5.11 Å². The topological polar surface area (TPSA) is 52.5 Å². The minimum absolute atomic E-state index is 0.281. The van der Waals surface area contributed by atoms with Gasteiger partial charge in [0, 0.05) is 50.7 Å². The molecular formula is C16H28N4OS. The van der Waals surface area contributed by atoms with Crippen molar-refractivity contribution in [2.75, 3.05) is 46.1 Å². The summed E-state index contributed by atoms with van der Waals surface area (Å²) in [7, 11) is 4.23. The van der Waals surface area contributed by atoms with Gasteiger partial charge < -0.3 is 10.0 Å². The molecule has 0 spiro atoms. The van der Waals surface area contributed by atoms with Crippen molar-refractivity contribution in [1.82, 2.24) is 19.8 Å². The Morgan fingerprint density at radius 1 is 1.27 bits per heavy atom. The average molecular weight is 324 g/mol. The maximum absolute atomic E-state index is 9.55. The van der Waals surface area contributed by atoms with Gasteiger partial charge in [0.15, 0.2) is 5.16 Å². The van der Waals surface area contributed by atoms with E-state index < -0.39 is 0 Å². The summed E-state index contributed by atoms with van der Waals surface area (Å²) in [5, 5.41) is 10.4. The Balaban J connectivity index is 1.94. The highest BCUT2D eigenvalue weighted by Crippen LogP contribution is 2.23. The molecule has 1 N–H and O–H groups in total. The Bertz CT molecular complexity index is 440. The summed E-state index contributed by atoms with van der Waals surface area (Å²) in [6.45, 7) is 6.39. The van der Waals surface area contributed by atoms with Gasteiger partial charge in [-0.25, -0.2) is 9.97 Å². The standard InChI is InChI=1S/C16H28N4OS/c1-4-22-16-17-6-15(7-18-16)11-20-9-13(8-19(2)3)5-14(10-20)12-21/h6-7,13-14,21H,4-5,8-12H2,1-3H3/t13-,14+/m0/s1. The van der Waals surface area contributed by atoms with Gasteiger partial charge in [-0.1, -0.05) is 18.7 Å². The molecule has 0 saturated carbocycles. The first-order valence-electron chi connectivity index (χ1n) is 8.02. The number of aromatic nitrogens is 2. The second-order valence-electron chi connectivity index (χ2n) is 6.41. The summed E-state index contributed by atoms with van der Waals surface area (Å²) in [5.74, 6) is 2.00. The van der Waals surface area contributed by atoms with Gasteiger partial charge in [0.1, 0.15) is 0 Å². The van der Waals surface area contributed by atoms with E-state index in [1.54, 1.807) is 11.8 Å². The van der Waals surface area contributed by atoms with Gasteiger partial charge in [-0.3, -0.25) is 4.90 Å². The van der Waals surface area contributed by atoms with Crippen LogP contribution in [-0.4, -0.2) is 71.0 Å². The summed E-state index contributed by atoms with van der Waals surface area (Å²) < 4.78 is 0. The molecule has 0 aliphatic carbocycles. The third-order valence-corrected chi connectivity index (χ3v) is 4.70. The fourth-order valence-corrected chi connectivity index (χ4v) is 3.73. The summed E-state index contributed by atoms with van der Waals surface area (Å²) in [6, 6.07) is 0. The summed E-state index contributed by atoms with van der Waals surface area (Å²) in [4.78, 5) is 13.5. The van der Waals surface area contributed by atoms with Crippen LogP contribution in [0.3, 0.4) is 0 Å². The Hall–Kier alpha value is -0.690. The van der Waals surface area contributed by atoms with Crippen LogP contribution in [0.2, 0.25) is 0 Å². The molecule has 6 heteroatoms. The number of thioether (sulfide) groups is 1. The lowest BCUT2D eigenvalue weighted by Crippen LogP contribution is -2.44. The largest absolute Gasteiger partial charge is 0.396 e. The van der Waals surface area contributed by atoms with Crippen LogP contribution in [0.25, 0.3) is 0 Å². The van der Waals surface area contributed by atoms with Gasteiger partial charge in [-0.15, -0.1) is 0 Å². The molecule has 1 aliphatic heterocycles. The SMILES string of the molecule is CCSc1ncc(CN2C[C@H](CO)C[C@@H](CN(C)C)C2)cn1. The molecule has 1 fully saturated rings. The van der Waals surface area contributed by atoms with E-state index in [9.17, 15) is 5.11 Å². The van der Waals surface area contributed by atoms with E-state index in [2.05, 4.69) is 40.8 Å². The van der Waals surface area contributed by atoms with Crippen molar-refractivity contribution in [2.45, 2.75) is 25.0 Å². The van der Waals surface area contributed by atoms with Gasteiger partial charge in [-0.2, -0.15) is 0 Å². The van der Waals surface area contributed by atoms with Gasteiger partial charge in [-0.05, 0) is 38.1 Å². The van der Waals surface area contributed by atoms with Crippen molar-refractivity contribution in [2.24, 2.45) is 11.8 Å². The highest BCUT2D eigenvalue weighted by molar-refractivity contribution is 7.99. The highest BCUT2D eigenvalue weighted by Gasteiger charge is 2.27. The van der Waals surface area contributed by atoms with Gasteiger partial charge in [0.2, 0.25) is 0 Å². The van der Waals surface area contributed by atoms with Crippen LogP contribution in [0.5, 0.6) is 0 Å². The summed E-state index contributed by atoms with van der Waals surface area (Å²) >= 11 is 1.67. The van der Waals surface area contributed by atoms with Crippen molar-refractivity contribution in [1.29, 1.82) is 0 Å². The van der Waals surface area contributed by atoms with Crippen LogP contribution in [0.4, 0.5) is 0 Å². The van der Waals surface area contributed by atoms with Crippen molar-refractivity contribution in [3.8, 4) is 0 Å². The molecule has 0 bridgehead atoms. The monoisotopic (exact) mass is 324 g/mol. The fraction of sp³-hybridized carbons (Fsp3) is 0.750. The van der Waals surface area contributed by atoms with E-state index in [-0.39, 0.29) is 6.61 Å². The van der Waals surface area contributed by atoms with E-state index in [0.29, 0.717) is 11.8 Å². The Labute approximate surface area is 138 Å². The second kappa shape index (κ2) is 8.82. The Morgan fingerprint density at radius 2 is 1.95 bits per heavy atom. The lowest BCUT2D eigenvalue weighted by molar-refractivity contribution is 0.0691. The molecule has 1 saturated heterocycles. The molecule has 5 nitrogen and oxygen atoms in total. The summed E-state index contributed by atoms with van der Waals surface area (Å²) in [5.41, 5.74) is 1.16. The summed E-state index contributed by atoms with van der Waals surface area (Å²) in [6.07, 6.45) is 5.00. The lowest BCUT2D eigenvalue weighted by Gasteiger charge is -2.38. The molecule has 2 heterocycles. The minimum atomic E-state index is 0.281. The van der Waals surface area contributed by atoms with Gasteiger partial charge in [0.05, 0.1) is 0 Å². The molecule has 124 valence electrons. The van der Waals surface area contributed by atoms with E-state index >= 15 is 0 Å². The number of aliphatic hydroxyl groups is 1. The predicted octanol–water partition coefficient (Wildman–Crippen LogP) is 1.58. The number of hydrogen-bond donors (Lipinski definition) is 1. The zero-order valence-corrected chi connectivity index (χ0v) is 14.7. The van der Waals surface area contributed by atoms with Crippen LogP contribution in [0.1, 0.15) is 18.9 Å². The Morgan fingerprint density at radius 3 is 2.55 bits per heavy atom. The first kappa shape index (κ1) is 17.7. The number of likely N-dealkylation sites (tertiary alicyclic amines) is 1. The quantitative estimate of drug-likeness (QED) is 0.607. The van der Waals surface area contributed by atoms with Gasteiger partial charge >= 0.3 is 0 Å². The molecular weight excluding hydrogens is 296 g/mol. The second-order valence-corrected chi connectivity index (χ2v) is 7.64. The zero-order chi connectivity index (χ0) is 15.9. The molecule has 2 atom stereocenters. The molecule has 2 rings (SSSR count). The van der Waals surface area contributed by atoms with E-state index in [1.165, 1.54) is 0 Å². The minimum Gasteiger partial charge on any atom is -0.396 e. The van der Waals surface area contributed by atoms with E-state index in [1.807, 2.05) is 12.4 Å². The average Bonchev–Trinajstić information content (AvgIpc) is 2.48. The number of piperidine rings is 1. The Kier molecular flexibility index (Phi) is 7.08. The first-order chi connectivity index (χ1) is 10.6. The third kappa shape index (κ3) is 5.50. The number of nitrogens with zero attached hydrogens (tertiary/aromatic N) is 4. The van der Waals surface area contributed by atoms with Gasteiger partial charge in [0.25, 0.3) is 0 Å². The molecule has 1 aromatic rings. The maximum atomic E-state index is 9.55. The third-order valence-electron chi connectivity index (χ3n) is 3.94. The number of aliphatic hydroxyl groups excluding tert-OH is 1. The van der Waals surface area contributed by atoms with Crippen molar-refractivity contribution in [3.63, 3.8) is 0 Å². The van der Waals surface area contributed by atoms with Crippen LogP contribution in [0.15, 0.2) is 17.6 Å². The van der Waals surface area contributed by atoms with Crippen LogP contribution >= 0.6 is 11.8 Å². The molecule has 1 aliphatic rings. The normalized spacial score (nSPS) is 23.1. The molecule has 22 heavy (non-hydrogen) atoms. The molecule has 1 aromatic heterocycles. The zero-order valence-electron chi connectivity index (χ0n) is 13.9. The van der Waals surface area contributed by atoms with Crippen molar-refractivity contribution in [3.05, 3.63) is 18.0 Å². The van der Waals surface area contributed by atoms with Crippen LogP contribution in [-0.2, 0) is 6.54 Å². The lowest BCUT2D eigenvalue weighted by atomic mass is 9.89. The number of hydrogen-bond acceptors (Lipinski definition) is 6.